The third kappa shape index (κ3) is 2.80. The molecule has 0 fully saturated rings. The zero-order valence-electron chi connectivity index (χ0n) is 11.6. The van der Waals surface area contributed by atoms with Gasteiger partial charge in [0.2, 0.25) is 5.78 Å². The van der Waals surface area contributed by atoms with Crippen LogP contribution in [0.2, 0.25) is 0 Å². The van der Waals surface area contributed by atoms with Gasteiger partial charge in [-0.3, -0.25) is 4.79 Å². The van der Waals surface area contributed by atoms with E-state index in [9.17, 15) is 36.2 Å². The number of aliphatic hydroxyl groups is 1. The molecular weight excluding hydrogens is 306 g/mol. The molecule has 21 heavy (non-hydrogen) atoms. The molecule has 3 nitrogen and oxygen atoms in total. The second-order valence-corrected chi connectivity index (χ2v) is 5.27. The maximum atomic E-state index is 12.5. The number of halogens is 6. The van der Waals surface area contributed by atoms with Crippen molar-refractivity contribution in [2.24, 2.45) is 0 Å². The Bertz CT molecular complexity index is 474. The third-order valence-electron chi connectivity index (χ3n) is 3.83. The van der Waals surface area contributed by atoms with Crippen molar-refractivity contribution >= 4 is 5.78 Å². The lowest BCUT2D eigenvalue weighted by atomic mass is 9.92. The smallest absolute Gasteiger partial charge is 0.378 e. The van der Waals surface area contributed by atoms with E-state index in [0.717, 1.165) is 20.8 Å². The minimum Gasteiger partial charge on any atom is -0.378 e. The van der Waals surface area contributed by atoms with Crippen LogP contribution in [0.3, 0.4) is 0 Å². The minimum absolute atomic E-state index is 0.0295. The summed E-state index contributed by atoms with van der Waals surface area (Å²) in [5.41, 5.74) is -4.86. The molecule has 0 heterocycles. The van der Waals surface area contributed by atoms with Gasteiger partial charge >= 0.3 is 12.4 Å². The average Bonchev–Trinajstić information content (AvgIpc) is 2.38. The third-order valence-corrected chi connectivity index (χ3v) is 3.83. The highest BCUT2D eigenvalue weighted by Gasteiger charge is 2.64. The van der Waals surface area contributed by atoms with Gasteiger partial charge in [0.15, 0.2) is 0 Å². The van der Waals surface area contributed by atoms with E-state index in [1.54, 1.807) is 0 Å². The first-order valence-corrected chi connectivity index (χ1v) is 5.83. The molecule has 0 bridgehead atoms. The van der Waals surface area contributed by atoms with Crippen LogP contribution in [0.15, 0.2) is 11.1 Å². The maximum absolute atomic E-state index is 12.5. The number of ketones is 1. The number of carbonyl (C=O) groups is 1. The van der Waals surface area contributed by atoms with Crippen molar-refractivity contribution in [2.75, 3.05) is 0 Å². The summed E-state index contributed by atoms with van der Waals surface area (Å²) < 4.78 is 79.4. The van der Waals surface area contributed by atoms with Gasteiger partial charge in [0.1, 0.15) is 11.2 Å². The number of ether oxygens (including phenoxy) is 1. The van der Waals surface area contributed by atoms with Crippen LogP contribution in [0.1, 0.15) is 27.7 Å². The number of hydrogen-bond acceptors (Lipinski definition) is 3. The summed E-state index contributed by atoms with van der Waals surface area (Å²) in [4.78, 5) is 12.0. The van der Waals surface area contributed by atoms with Crippen LogP contribution < -0.4 is 0 Å². The molecule has 1 rings (SSSR count). The van der Waals surface area contributed by atoms with Gasteiger partial charge in [-0.1, -0.05) is 0 Å². The number of hydrogen-bond donors (Lipinski definition) is 1. The number of Topliss-reactive ketones (excluding diaryl/α,β-unsaturated/α-hetero) is 1. The van der Waals surface area contributed by atoms with Crippen LogP contribution in [-0.2, 0) is 9.53 Å². The predicted molar refractivity (Wildman–Crippen MR) is 59.4 cm³/mol. The first-order chi connectivity index (χ1) is 9.06. The summed E-state index contributed by atoms with van der Waals surface area (Å²) in [5.74, 6) is -1.26. The minimum atomic E-state index is -5.73. The summed E-state index contributed by atoms with van der Waals surface area (Å²) in [6.07, 6.45) is -15.6. The van der Waals surface area contributed by atoms with E-state index in [2.05, 4.69) is 4.74 Å². The van der Waals surface area contributed by atoms with E-state index in [1.807, 2.05) is 0 Å². The molecule has 1 aliphatic rings. The second kappa shape index (κ2) is 4.70. The van der Waals surface area contributed by atoms with Gasteiger partial charge in [-0.05, 0) is 38.8 Å². The van der Waals surface area contributed by atoms with E-state index < -0.39 is 35.4 Å². The number of carbonyl (C=O) groups excluding carboxylic acids is 1. The highest BCUT2D eigenvalue weighted by molar-refractivity contribution is 6.03. The normalized spacial score (nSPS) is 31.5. The van der Waals surface area contributed by atoms with Gasteiger partial charge in [0, 0.05) is 0 Å². The number of rotatable bonds is 2. The van der Waals surface area contributed by atoms with Crippen molar-refractivity contribution in [3.8, 4) is 0 Å². The molecule has 0 amide bonds. The van der Waals surface area contributed by atoms with E-state index in [0.29, 0.717) is 0 Å². The SMILES string of the molecule is CC1=C(C)C(C)(OC(C(F)(F)F)C(F)(F)F)C(=O)C1(C)O. The van der Waals surface area contributed by atoms with Crippen LogP contribution in [0.4, 0.5) is 26.3 Å². The molecule has 1 N–H and O–H groups in total. The summed E-state index contributed by atoms with van der Waals surface area (Å²) in [6.45, 7) is 4.19. The van der Waals surface area contributed by atoms with Crippen molar-refractivity contribution in [1.29, 1.82) is 0 Å². The van der Waals surface area contributed by atoms with Gasteiger partial charge in [-0.2, -0.15) is 26.3 Å². The standard InChI is InChI=1S/C12H14F6O3/c1-5-6(2)10(4,7(19)9(5,3)20)21-8(11(13,14)15)12(16,17)18/h8,20H,1-4H3. The van der Waals surface area contributed by atoms with Gasteiger partial charge in [0.05, 0.1) is 0 Å². The highest BCUT2D eigenvalue weighted by Crippen LogP contribution is 2.46. The van der Waals surface area contributed by atoms with Crippen molar-refractivity contribution in [2.45, 2.75) is 57.4 Å². The van der Waals surface area contributed by atoms with E-state index >= 15 is 0 Å². The fourth-order valence-electron chi connectivity index (χ4n) is 2.22. The molecule has 122 valence electrons. The van der Waals surface area contributed by atoms with Gasteiger partial charge in [0.25, 0.3) is 6.10 Å². The largest absolute Gasteiger partial charge is 0.423 e. The molecule has 0 aromatic heterocycles. The Labute approximate surface area is 116 Å². The molecular formula is C12H14F6O3. The number of alkyl halides is 6. The van der Waals surface area contributed by atoms with Crippen LogP contribution in [0.25, 0.3) is 0 Å². The lowest BCUT2D eigenvalue weighted by Crippen LogP contribution is -2.54. The molecule has 2 unspecified atom stereocenters. The molecule has 0 saturated carbocycles. The Hall–Kier alpha value is -1.09. The molecule has 0 saturated heterocycles. The van der Waals surface area contributed by atoms with Gasteiger partial charge in [-0.15, -0.1) is 0 Å². The molecule has 0 spiro atoms. The van der Waals surface area contributed by atoms with Crippen molar-refractivity contribution in [1.82, 2.24) is 0 Å². The van der Waals surface area contributed by atoms with Crippen LogP contribution in [0.5, 0.6) is 0 Å². The topological polar surface area (TPSA) is 46.5 Å². The quantitative estimate of drug-likeness (QED) is 0.628. The Morgan fingerprint density at radius 1 is 1.00 bits per heavy atom. The second-order valence-electron chi connectivity index (χ2n) is 5.27. The van der Waals surface area contributed by atoms with Crippen molar-refractivity contribution < 1.29 is 41.0 Å². The molecule has 1 aliphatic carbocycles. The first kappa shape index (κ1) is 18.0. The van der Waals surface area contributed by atoms with Crippen molar-refractivity contribution in [3.05, 3.63) is 11.1 Å². The average molecular weight is 320 g/mol. The van der Waals surface area contributed by atoms with Crippen LogP contribution in [0, 0.1) is 0 Å². The Morgan fingerprint density at radius 3 is 1.62 bits per heavy atom. The van der Waals surface area contributed by atoms with E-state index in [1.165, 1.54) is 6.92 Å². The summed E-state index contributed by atoms with van der Waals surface area (Å²) in [6, 6.07) is 0. The summed E-state index contributed by atoms with van der Waals surface area (Å²) >= 11 is 0. The zero-order valence-corrected chi connectivity index (χ0v) is 11.6. The molecule has 0 aromatic rings. The Morgan fingerprint density at radius 2 is 1.38 bits per heavy atom. The first-order valence-electron chi connectivity index (χ1n) is 5.83. The lowest BCUT2D eigenvalue weighted by Gasteiger charge is -2.33. The Kier molecular flexibility index (Phi) is 4.02. The Balaban J connectivity index is 3.31. The molecule has 0 aromatic carbocycles. The molecule has 0 radical (unpaired) electrons. The zero-order chi connectivity index (χ0) is 17.0. The highest BCUT2D eigenvalue weighted by atomic mass is 19.4. The monoisotopic (exact) mass is 320 g/mol. The molecule has 9 heteroatoms. The van der Waals surface area contributed by atoms with Gasteiger partial charge < -0.3 is 9.84 Å². The fourth-order valence-corrected chi connectivity index (χ4v) is 2.22. The lowest BCUT2D eigenvalue weighted by molar-refractivity contribution is -0.335. The van der Waals surface area contributed by atoms with Crippen LogP contribution >= 0.6 is 0 Å². The molecule has 0 aliphatic heterocycles. The van der Waals surface area contributed by atoms with E-state index in [4.69, 9.17) is 0 Å². The van der Waals surface area contributed by atoms with Crippen LogP contribution in [-0.4, -0.2) is 40.5 Å². The predicted octanol–water partition coefficient (Wildman–Crippen LogP) is 2.93. The summed E-state index contributed by atoms with van der Waals surface area (Å²) in [5, 5.41) is 9.91. The van der Waals surface area contributed by atoms with E-state index in [-0.39, 0.29) is 11.1 Å². The van der Waals surface area contributed by atoms with Gasteiger partial charge in [-0.25, -0.2) is 0 Å². The summed E-state index contributed by atoms with van der Waals surface area (Å²) in [7, 11) is 0. The maximum Gasteiger partial charge on any atom is 0.423 e. The van der Waals surface area contributed by atoms with Crippen molar-refractivity contribution in [3.63, 3.8) is 0 Å². The molecule has 2 atom stereocenters. The fraction of sp³-hybridized carbons (Fsp3) is 0.750.